The number of carbonyl (C=O) groups is 3. The van der Waals surface area contributed by atoms with Crippen LogP contribution in [-0.4, -0.2) is 108 Å². The average molecular weight is 764 g/mol. The van der Waals surface area contributed by atoms with Gasteiger partial charge in [-0.1, -0.05) is 56.0 Å². The van der Waals surface area contributed by atoms with Crippen LogP contribution in [0.4, 0.5) is 0 Å². The molecule has 0 aromatic heterocycles. The Labute approximate surface area is 323 Å². The molecule has 0 aliphatic rings. The van der Waals surface area contributed by atoms with Crippen LogP contribution in [0.1, 0.15) is 96.8 Å². The highest BCUT2D eigenvalue weighted by atomic mass is 16.7. The predicted octanol–water partition coefficient (Wildman–Crippen LogP) is 5.65. The quantitative estimate of drug-likeness (QED) is 0.0118. The molecule has 15 nitrogen and oxygen atoms in total. The van der Waals surface area contributed by atoms with Crippen LogP contribution in [0.25, 0.3) is 0 Å². The van der Waals surface area contributed by atoms with Crippen molar-refractivity contribution in [1.29, 1.82) is 10.5 Å². The van der Waals surface area contributed by atoms with Gasteiger partial charge in [-0.3, -0.25) is 24.8 Å². The van der Waals surface area contributed by atoms with Crippen molar-refractivity contribution < 1.29 is 47.6 Å². The lowest BCUT2D eigenvalue weighted by molar-refractivity contribution is -0.273. The van der Waals surface area contributed by atoms with Gasteiger partial charge in [0.25, 0.3) is 12.5 Å². The zero-order valence-electron chi connectivity index (χ0n) is 32.6. The van der Waals surface area contributed by atoms with Crippen molar-refractivity contribution in [3.8, 4) is 12.5 Å². The molecule has 0 heterocycles. The molecule has 0 fully saturated rings. The van der Waals surface area contributed by atoms with Gasteiger partial charge in [-0.2, -0.15) is 10.5 Å². The Morgan fingerprint density at radius 1 is 0.741 bits per heavy atom. The minimum atomic E-state index is -0.923. The normalized spacial score (nSPS) is 10.9. The first-order valence-corrected chi connectivity index (χ1v) is 19.0. The molecule has 0 radical (unpaired) electrons. The number of rotatable bonds is 40. The molecular formula is C39H65N5O10. The van der Waals surface area contributed by atoms with Crippen LogP contribution in [0.5, 0.6) is 0 Å². The molecule has 0 rings (SSSR count). The average Bonchev–Trinajstić information content (AvgIpc) is 3.17. The van der Waals surface area contributed by atoms with Gasteiger partial charge in [0.15, 0.2) is 0 Å². The summed E-state index contributed by atoms with van der Waals surface area (Å²) in [6.45, 7) is 16.0. The lowest BCUT2D eigenvalue weighted by Gasteiger charge is -2.32. The van der Waals surface area contributed by atoms with Gasteiger partial charge >= 0.3 is 11.9 Å². The van der Waals surface area contributed by atoms with E-state index in [1.165, 1.54) is 0 Å². The smallest absolute Gasteiger partial charge is 0.333 e. The summed E-state index contributed by atoms with van der Waals surface area (Å²) in [4.78, 5) is 42.9. The van der Waals surface area contributed by atoms with Crippen molar-refractivity contribution in [3.05, 3.63) is 37.5 Å². The maximum Gasteiger partial charge on any atom is 0.333 e. The molecule has 306 valence electrons. The number of unbranched alkanes of at least 4 members (excludes halogenated alkanes) is 10. The van der Waals surface area contributed by atoms with Crippen LogP contribution >= 0.6 is 0 Å². The second-order valence-electron chi connectivity index (χ2n) is 13.0. The number of carbonyl (C=O) groups excluding carboxylic acids is 3. The van der Waals surface area contributed by atoms with Crippen molar-refractivity contribution >= 4 is 18.3 Å². The first kappa shape index (κ1) is 50.0. The van der Waals surface area contributed by atoms with E-state index in [2.05, 4.69) is 25.1 Å². The van der Waals surface area contributed by atoms with E-state index >= 15 is 0 Å². The molecule has 1 N–H and O–H groups in total. The fraction of sp³-hybridized carbons (Fsp3) is 0.718. The Bertz CT molecular complexity index is 1100. The number of ether oxygens (including phenoxy) is 6. The lowest BCUT2D eigenvalue weighted by atomic mass is 9.92. The number of nitrogens with zero attached hydrogens (tertiary/aromatic N) is 4. The Balaban J connectivity index is 4.85. The number of nitriles is 2. The van der Waals surface area contributed by atoms with Gasteiger partial charge in [0.2, 0.25) is 6.41 Å². The molecule has 1 amide bonds. The van der Waals surface area contributed by atoms with Crippen LogP contribution in [-0.2, 0) is 47.6 Å². The van der Waals surface area contributed by atoms with E-state index in [1.54, 1.807) is 41.8 Å². The summed E-state index contributed by atoms with van der Waals surface area (Å²) < 4.78 is 31.9. The number of esters is 2. The van der Waals surface area contributed by atoms with E-state index in [0.717, 1.165) is 90.0 Å². The molecule has 0 aromatic rings. The van der Waals surface area contributed by atoms with Crippen molar-refractivity contribution in [2.24, 2.45) is 5.41 Å². The van der Waals surface area contributed by atoms with Crippen LogP contribution in [0.3, 0.4) is 0 Å². The van der Waals surface area contributed by atoms with Gasteiger partial charge in [0, 0.05) is 25.1 Å². The highest BCUT2D eigenvalue weighted by Crippen LogP contribution is 2.22. The van der Waals surface area contributed by atoms with E-state index in [4.69, 9.17) is 43.8 Å². The topological polar surface area (TPSA) is 182 Å². The molecular weight excluding hydrogens is 698 g/mol. The second kappa shape index (κ2) is 36.0. The number of hydrogen-bond acceptors (Lipinski definition) is 14. The minimum absolute atomic E-state index is 0.0596. The van der Waals surface area contributed by atoms with Crippen molar-refractivity contribution in [2.45, 2.75) is 96.8 Å². The largest absolute Gasteiger partial charge is 0.465 e. The SMILES string of the molecule is C=CCOCC(COCC=C)(COC(=O)CCCCCCCN(OCNCCCCCCOC#N)N(C=O)CCCCCCOC#N)COC(=O)C(=C)C. The Kier molecular flexibility index (Phi) is 33.3. The zero-order valence-corrected chi connectivity index (χ0v) is 32.6. The van der Waals surface area contributed by atoms with Gasteiger partial charge in [-0.15, -0.1) is 13.2 Å². The van der Waals surface area contributed by atoms with E-state index in [9.17, 15) is 14.4 Å². The number of amides is 1. The first-order valence-electron chi connectivity index (χ1n) is 19.0. The van der Waals surface area contributed by atoms with Gasteiger partial charge < -0.3 is 28.4 Å². The third-order valence-corrected chi connectivity index (χ3v) is 8.00. The molecule has 0 bridgehead atoms. The molecule has 0 unspecified atom stereocenters. The van der Waals surface area contributed by atoms with Crippen molar-refractivity contribution in [3.63, 3.8) is 0 Å². The van der Waals surface area contributed by atoms with E-state index < -0.39 is 11.4 Å². The van der Waals surface area contributed by atoms with Gasteiger partial charge in [0.1, 0.15) is 33.2 Å². The van der Waals surface area contributed by atoms with E-state index in [-0.39, 0.29) is 64.3 Å². The fourth-order valence-corrected chi connectivity index (χ4v) is 5.01. The summed E-state index contributed by atoms with van der Waals surface area (Å²) in [6.07, 6.45) is 18.7. The minimum Gasteiger partial charge on any atom is -0.465 e. The lowest BCUT2D eigenvalue weighted by Crippen LogP contribution is -2.44. The van der Waals surface area contributed by atoms with Crippen LogP contribution in [0.2, 0.25) is 0 Å². The molecule has 0 aliphatic heterocycles. The summed E-state index contributed by atoms with van der Waals surface area (Å²) in [7, 11) is 0. The standard InChI is InChI=1S/C39H65N5O10/c1-5-24-48-28-39(29-49-25-6-2,31-53-38(47)36(3)4)30-52-37(46)20-14-8-7-10-17-23-44(43(35-45)22-16-11-13-19-27-51-33-41)54-34-42-21-15-9-12-18-26-50-32-40/h5-6,35,42H,1-3,7-31,34H2,4H3. The highest BCUT2D eigenvalue weighted by molar-refractivity contribution is 5.86. The maximum absolute atomic E-state index is 12.7. The molecule has 0 saturated carbocycles. The number of hydroxylamine groups is 1. The van der Waals surface area contributed by atoms with E-state index in [0.29, 0.717) is 32.7 Å². The summed E-state index contributed by atoms with van der Waals surface area (Å²) in [5.74, 6) is -0.918. The van der Waals surface area contributed by atoms with Crippen LogP contribution in [0, 0.1) is 28.4 Å². The number of nitrogens with one attached hydrogen (secondary N) is 1. The molecule has 0 saturated heterocycles. The molecule has 15 heteroatoms. The molecule has 0 atom stereocenters. The number of hydrogen-bond donors (Lipinski definition) is 1. The molecule has 0 aromatic carbocycles. The Morgan fingerprint density at radius 2 is 1.28 bits per heavy atom. The summed E-state index contributed by atoms with van der Waals surface area (Å²) in [6, 6.07) is 0. The second-order valence-corrected chi connectivity index (χ2v) is 13.0. The van der Waals surface area contributed by atoms with E-state index in [1.807, 2.05) is 0 Å². The summed E-state index contributed by atoms with van der Waals surface area (Å²) in [5.41, 5.74) is -0.670. The number of hydrazine groups is 1. The fourth-order valence-electron chi connectivity index (χ4n) is 5.01. The molecule has 0 spiro atoms. The van der Waals surface area contributed by atoms with Gasteiger partial charge in [0.05, 0.1) is 31.8 Å². The highest BCUT2D eigenvalue weighted by Gasteiger charge is 2.35. The zero-order chi connectivity index (χ0) is 40.0. The van der Waals surface area contributed by atoms with Crippen molar-refractivity contribution in [2.75, 3.05) is 79.2 Å². The monoisotopic (exact) mass is 763 g/mol. The summed E-state index contributed by atoms with van der Waals surface area (Å²) in [5, 5.41) is 23.4. The predicted molar refractivity (Wildman–Crippen MR) is 202 cm³/mol. The van der Waals surface area contributed by atoms with Gasteiger partial charge in [-0.05, 0) is 64.8 Å². The first-order chi connectivity index (χ1) is 26.3. The Hall–Kier alpha value is -3.99. The van der Waals surface area contributed by atoms with Crippen molar-refractivity contribution in [1.82, 2.24) is 15.5 Å². The third kappa shape index (κ3) is 28.5. The maximum atomic E-state index is 12.7. The Morgan fingerprint density at radius 3 is 1.85 bits per heavy atom. The molecule has 54 heavy (non-hydrogen) atoms. The van der Waals surface area contributed by atoms with Crippen LogP contribution < -0.4 is 5.32 Å². The van der Waals surface area contributed by atoms with Crippen LogP contribution in [0.15, 0.2) is 37.5 Å². The molecule has 0 aliphatic carbocycles. The summed E-state index contributed by atoms with van der Waals surface area (Å²) >= 11 is 0. The third-order valence-electron chi connectivity index (χ3n) is 8.00. The van der Waals surface area contributed by atoms with Gasteiger partial charge in [-0.25, -0.2) is 4.79 Å².